The van der Waals surface area contributed by atoms with Crippen LogP contribution in [-0.2, 0) is 24.5 Å². The molecule has 9 nitrogen and oxygen atoms in total. The van der Waals surface area contributed by atoms with Crippen LogP contribution in [0.3, 0.4) is 0 Å². The minimum atomic E-state index is -4.76. The lowest BCUT2D eigenvalue weighted by atomic mass is 9.97. The molecule has 2 heterocycles. The third kappa shape index (κ3) is 6.34. The highest BCUT2D eigenvalue weighted by Gasteiger charge is 2.38. The molecule has 1 amide bonds. The van der Waals surface area contributed by atoms with Crippen molar-refractivity contribution in [2.75, 3.05) is 0 Å². The Morgan fingerprint density at radius 1 is 1.04 bits per heavy atom. The highest BCUT2D eigenvalue weighted by Crippen LogP contribution is 2.39. The summed E-state index contributed by atoms with van der Waals surface area (Å²) in [4.78, 5) is 19.0. The number of alkyl halides is 3. The highest BCUT2D eigenvalue weighted by atomic mass is 19.4. The molecule has 1 N–H and O–H groups in total. The molecule has 12 heteroatoms. The summed E-state index contributed by atoms with van der Waals surface area (Å²) in [6.45, 7) is 4.93. The third-order valence-electron chi connectivity index (χ3n) is 7.98. The Bertz CT molecular complexity index is 1890. The van der Waals surface area contributed by atoms with E-state index in [-0.39, 0.29) is 23.5 Å². The van der Waals surface area contributed by atoms with Gasteiger partial charge in [-0.2, -0.15) is 13.2 Å². The van der Waals surface area contributed by atoms with Crippen molar-refractivity contribution in [1.29, 1.82) is 0 Å². The molecule has 1 aliphatic rings. The van der Waals surface area contributed by atoms with E-state index in [9.17, 15) is 23.1 Å². The molecule has 0 aliphatic heterocycles. The molecule has 6 rings (SSSR count). The summed E-state index contributed by atoms with van der Waals surface area (Å²) in [5.74, 6) is 0.682. The standard InChI is InChI=1S/C34H34F3N5O4/c1-33(2,3)46-32(44)42(27-13-8-14-28(27)43)18-20-15-25(34(35,36)37)29-26(16-20)39-31(45-29)22-10-7-9-21(17-22)23-11-5-6-12-24(23)30-40-38-19-41(30)4/h5-7,9-12,15-17,19,27-28,43H,8,13-14,18H2,1-4H3/t27-,28-/m1/s1. The lowest BCUT2D eigenvalue weighted by Crippen LogP contribution is -2.46. The van der Waals surface area contributed by atoms with E-state index in [0.29, 0.717) is 30.7 Å². The zero-order valence-corrected chi connectivity index (χ0v) is 25.9. The Hall–Kier alpha value is -4.71. The number of amides is 1. The number of aromatic nitrogens is 4. The van der Waals surface area contributed by atoms with Crippen LogP contribution in [0.15, 0.2) is 71.4 Å². The Labute approximate surface area is 263 Å². The third-order valence-corrected chi connectivity index (χ3v) is 7.98. The van der Waals surface area contributed by atoms with E-state index < -0.39 is 41.2 Å². The second kappa shape index (κ2) is 11.9. The van der Waals surface area contributed by atoms with Crippen LogP contribution in [0.5, 0.6) is 0 Å². The molecule has 0 unspecified atom stereocenters. The second-order valence-corrected chi connectivity index (χ2v) is 12.6. The molecular weight excluding hydrogens is 599 g/mol. The van der Waals surface area contributed by atoms with Gasteiger partial charge in [-0.1, -0.05) is 36.4 Å². The molecule has 46 heavy (non-hydrogen) atoms. The average Bonchev–Trinajstić information content (AvgIpc) is 3.73. The Balaban J connectivity index is 1.40. The lowest BCUT2D eigenvalue weighted by Gasteiger charge is -2.33. The van der Waals surface area contributed by atoms with Crippen molar-refractivity contribution < 1.29 is 32.2 Å². The quantitative estimate of drug-likeness (QED) is 0.205. The van der Waals surface area contributed by atoms with E-state index >= 15 is 0 Å². The van der Waals surface area contributed by atoms with Gasteiger partial charge in [-0.3, -0.25) is 4.90 Å². The van der Waals surface area contributed by atoms with E-state index in [2.05, 4.69) is 15.2 Å². The maximum atomic E-state index is 14.4. The molecule has 0 radical (unpaired) electrons. The van der Waals surface area contributed by atoms with Gasteiger partial charge in [-0.05, 0) is 81.0 Å². The van der Waals surface area contributed by atoms with E-state index in [4.69, 9.17) is 9.15 Å². The van der Waals surface area contributed by atoms with Gasteiger partial charge in [0.2, 0.25) is 5.89 Å². The fourth-order valence-electron chi connectivity index (χ4n) is 5.91. The van der Waals surface area contributed by atoms with Crippen LogP contribution in [0, 0.1) is 0 Å². The number of aliphatic hydroxyl groups excluding tert-OH is 1. The van der Waals surface area contributed by atoms with Crippen molar-refractivity contribution in [3.8, 4) is 34.0 Å². The molecule has 1 fully saturated rings. The molecule has 2 aromatic heterocycles. The van der Waals surface area contributed by atoms with Crippen LogP contribution in [-0.4, -0.2) is 53.6 Å². The molecule has 2 atom stereocenters. The molecule has 3 aromatic carbocycles. The van der Waals surface area contributed by atoms with Crippen molar-refractivity contribution in [2.45, 2.75) is 70.5 Å². The van der Waals surface area contributed by atoms with Crippen LogP contribution < -0.4 is 0 Å². The van der Waals surface area contributed by atoms with Crippen LogP contribution >= 0.6 is 0 Å². The number of oxazole rings is 1. The average molecular weight is 634 g/mol. The number of hydrogen-bond donors (Lipinski definition) is 1. The Morgan fingerprint density at radius 2 is 1.78 bits per heavy atom. The van der Waals surface area contributed by atoms with Crippen LogP contribution in [0.4, 0.5) is 18.0 Å². The summed E-state index contributed by atoms with van der Waals surface area (Å²) in [6, 6.07) is 16.7. The van der Waals surface area contributed by atoms with Gasteiger partial charge >= 0.3 is 12.3 Å². The molecular formula is C34H34F3N5O4. The first-order valence-electron chi connectivity index (χ1n) is 15.0. The molecule has 0 spiro atoms. The number of fused-ring (bicyclic) bond motifs is 1. The normalized spacial score (nSPS) is 17.0. The number of rotatable bonds is 6. The van der Waals surface area contributed by atoms with Gasteiger partial charge in [0, 0.05) is 24.7 Å². The number of carbonyl (C=O) groups excluding carboxylic acids is 1. The summed E-state index contributed by atoms with van der Waals surface area (Å²) >= 11 is 0. The zero-order valence-electron chi connectivity index (χ0n) is 25.9. The van der Waals surface area contributed by atoms with Crippen molar-refractivity contribution in [1.82, 2.24) is 24.6 Å². The highest BCUT2D eigenvalue weighted by molar-refractivity contribution is 5.84. The minimum absolute atomic E-state index is 0.000761. The lowest BCUT2D eigenvalue weighted by molar-refractivity contribution is -0.136. The molecule has 240 valence electrons. The summed E-state index contributed by atoms with van der Waals surface area (Å²) in [5, 5.41) is 18.8. The fourth-order valence-corrected chi connectivity index (χ4v) is 5.91. The van der Waals surface area contributed by atoms with Crippen molar-refractivity contribution in [3.63, 3.8) is 0 Å². The number of ether oxygens (including phenoxy) is 1. The predicted octanol–water partition coefficient (Wildman–Crippen LogP) is 7.63. The number of benzene rings is 3. The maximum absolute atomic E-state index is 14.4. The number of nitrogens with zero attached hydrogens (tertiary/aromatic N) is 5. The van der Waals surface area contributed by atoms with Crippen LogP contribution in [0.2, 0.25) is 0 Å². The topological polar surface area (TPSA) is 107 Å². The van der Waals surface area contributed by atoms with Gasteiger partial charge in [-0.15, -0.1) is 10.2 Å². The van der Waals surface area contributed by atoms with Gasteiger partial charge < -0.3 is 18.8 Å². The smallest absolute Gasteiger partial charge is 0.420 e. The van der Waals surface area contributed by atoms with Gasteiger partial charge in [0.05, 0.1) is 12.1 Å². The summed E-state index contributed by atoms with van der Waals surface area (Å²) in [7, 11) is 1.84. The Kier molecular flexibility index (Phi) is 8.09. The number of hydrogen-bond acceptors (Lipinski definition) is 7. The second-order valence-electron chi connectivity index (χ2n) is 12.6. The first kappa shape index (κ1) is 31.3. The SMILES string of the molecule is Cn1cnnc1-c1ccccc1-c1cccc(-c2nc3cc(CN(C(=O)OC(C)(C)C)[C@@H]4CCC[C@H]4O)cc(C(F)(F)F)c3o2)c1. The monoisotopic (exact) mass is 633 g/mol. The molecule has 1 aliphatic carbocycles. The summed E-state index contributed by atoms with van der Waals surface area (Å²) in [6.07, 6.45) is -2.96. The van der Waals surface area contributed by atoms with E-state index in [1.165, 1.54) is 11.0 Å². The van der Waals surface area contributed by atoms with Crippen molar-refractivity contribution in [3.05, 3.63) is 78.1 Å². The van der Waals surface area contributed by atoms with Crippen LogP contribution in [0.25, 0.3) is 45.1 Å². The van der Waals surface area contributed by atoms with Gasteiger partial charge in [0.1, 0.15) is 23.0 Å². The predicted molar refractivity (Wildman–Crippen MR) is 165 cm³/mol. The molecule has 0 bridgehead atoms. The summed E-state index contributed by atoms with van der Waals surface area (Å²) < 4.78 is 56.5. The number of aryl methyl sites for hydroxylation is 1. The maximum Gasteiger partial charge on any atom is 0.420 e. The minimum Gasteiger partial charge on any atom is -0.444 e. The zero-order chi connectivity index (χ0) is 32.8. The van der Waals surface area contributed by atoms with Gasteiger partial charge in [0.25, 0.3) is 0 Å². The molecule has 1 saturated carbocycles. The van der Waals surface area contributed by atoms with E-state index in [0.717, 1.165) is 22.8 Å². The first-order valence-corrected chi connectivity index (χ1v) is 15.0. The number of halogens is 3. The largest absolute Gasteiger partial charge is 0.444 e. The molecule has 0 saturated heterocycles. The number of carbonyl (C=O) groups is 1. The molecule has 5 aromatic rings. The van der Waals surface area contributed by atoms with E-state index in [1.807, 2.05) is 37.4 Å². The first-order chi connectivity index (χ1) is 21.8. The summed E-state index contributed by atoms with van der Waals surface area (Å²) in [5.41, 5.74) is 0.925. The van der Waals surface area contributed by atoms with Gasteiger partial charge in [-0.25, -0.2) is 9.78 Å². The Morgan fingerprint density at radius 3 is 2.43 bits per heavy atom. The van der Waals surface area contributed by atoms with Crippen molar-refractivity contribution in [2.24, 2.45) is 7.05 Å². The van der Waals surface area contributed by atoms with Crippen molar-refractivity contribution >= 4 is 17.2 Å². The fraction of sp³-hybridized carbons (Fsp3) is 0.353. The van der Waals surface area contributed by atoms with E-state index in [1.54, 1.807) is 49.9 Å². The van der Waals surface area contributed by atoms with Gasteiger partial charge in [0.15, 0.2) is 11.4 Å². The number of aliphatic hydroxyl groups is 1. The van der Waals surface area contributed by atoms with Crippen LogP contribution in [0.1, 0.15) is 51.2 Å².